The Balaban J connectivity index is 2.22. The van der Waals surface area contributed by atoms with E-state index in [1.165, 1.54) is 6.34 Å². The standard InChI is InChI=1S/C10H12N4O4/c1-6-12-8-7(9(17)13-6)11-4-14(8)5-18-10(14,2-15)3-16/h4,15-16H,2-3,5H2,1H3/p+1. The first kappa shape index (κ1) is 11.5. The highest BCUT2D eigenvalue weighted by Crippen LogP contribution is 2.45. The number of ether oxygens (including phenoxy) is 1. The van der Waals surface area contributed by atoms with E-state index >= 15 is 0 Å². The molecule has 0 radical (unpaired) electrons. The lowest BCUT2D eigenvalue weighted by Gasteiger charge is -2.52. The SMILES string of the molecule is Cc1nc2c(c(=O)[nH]1)N=C[N+]21COC1(CO)CO. The Labute approximate surface area is 102 Å². The Kier molecular flexibility index (Phi) is 2.20. The van der Waals surface area contributed by atoms with Crippen LogP contribution in [0.25, 0.3) is 0 Å². The van der Waals surface area contributed by atoms with Crippen LogP contribution < -0.4 is 10.0 Å². The normalized spacial score (nSPS) is 27.3. The van der Waals surface area contributed by atoms with E-state index in [4.69, 9.17) is 4.74 Å². The molecule has 0 bridgehead atoms. The van der Waals surface area contributed by atoms with Crippen molar-refractivity contribution in [3.05, 3.63) is 16.2 Å². The summed E-state index contributed by atoms with van der Waals surface area (Å²) in [5.74, 6) is 0.865. The number of H-pyrrole nitrogens is 1. The number of nitrogens with one attached hydrogen (secondary N) is 1. The van der Waals surface area contributed by atoms with Crippen molar-refractivity contribution in [3.63, 3.8) is 0 Å². The Morgan fingerprint density at radius 1 is 1.56 bits per heavy atom. The molecule has 3 N–H and O–H groups in total. The number of aliphatic hydroxyl groups is 2. The van der Waals surface area contributed by atoms with Gasteiger partial charge in [-0.15, -0.1) is 0 Å². The van der Waals surface area contributed by atoms with Crippen molar-refractivity contribution in [2.24, 2.45) is 4.99 Å². The van der Waals surface area contributed by atoms with Crippen LogP contribution in [-0.4, -0.2) is 52.2 Å². The molecule has 1 aromatic rings. The molecule has 96 valence electrons. The van der Waals surface area contributed by atoms with E-state index in [-0.39, 0.29) is 35.7 Å². The summed E-state index contributed by atoms with van der Waals surface area (Å²) in [6.45, 7) is 1.08. The number of hydrogen-bond donors (Lipinski definition) is 3. The Hall–Kier alpha value is -1.61. The number of rotatable bonds is 2. The number of fused-ring (bicyclic) bond motifs is 2. The van der Waals surface area contributed by atoms with Crippen LogP contribution in [0.4, 0.5) is 11.5 Å². The molecule has 8 heteroatoms. The predicted octanol–water partition coefficient (Wildman–Crippen LogP) is -1.27. The highest BCUT2D eigenvalue weighted by Gasteiger charge is 2.66. The van der Waals surface area contributed by atoms with E-state index in [2.05, 4.69) is 15.0 Å². The van der Waals surface area contributed by atoms with Crippen LogP contribution in [0, 0.1) is 6.92 Å². The molecule has 0 aromatic carbocycles. The van der Waals surface area contributed by atoms with Gasteiger partial charge in [-0.2, -0.15) is 14.5 Å². The molecule has 1 saturated heterocycles. The molecular formula is C10H13N4O4+. The zero-order valence-electron chi connectivity index (χ0n) is 9.75. The van der Waals surface area contributed by atoms with E-state index in [0.717, 1.165) is 0 Å². The third kappa shape index (κ3) is 1.10. The zero-order valence-corrected chi connectivity index (χ0v) is 9.75. The van der Waals surface area contributed by atoms with Gasteiger partial charge in [0, 0.05) is 0 Å². The van der Waals surface area contributed by atoms with Crippen LogP contribution in [0.3, 0.4) is 0 Å². The van der Waals surface area contributed by atoms with Gasteiger partial charge in [-0.3, -0.25) is 9.53 Å². The molecule has 0 amide bonds. The van der Waals surface area contributed by atoms with E-state index in [9.17, 15) is 15.0 Å². The minimum atomic E-state index is -1.21. The molecule has 8 nitrogen and oxygen atoms in total. The molecule has 2 aliphatic rings. The van der Waals surface area contributed by atoms with Crippen molar-refractivity contribution in [2.75, 3.05) is 19.9 Å². The van der Waals surface area contributed by atoms with Gasteiger partial charge in [0.05, 0.1) is 0 Å². The zero-order chi connectivity index (χ0) is 13.0. The summed E-state index contributed by atoms with van der Waals surface area (Å²) in [6.07, 6.45) is 1.49. The predicted molar refractivity (Wildman–Crippen MR) is 62.4 cm³/mol. The molecule has 3 heterocycles. The first-order valence-corrected chi connectivity index (χ1v) is 5.49. The number of quaternary nitrogens is 1. The van der Waals surface area contributed by atoms with Crippen LogP contribution in [-0.2, 0) is 4.74 Å². The minimum Gasteiger partial charge on any atom is -0.387 e. The molecule has 1 spiro atoms. The molecule has 18 heavy (non-hydrogen) atoms. The average molecular weight is 253 g/mol. The maximum atomic E-state index is 11.8. The number of aromatic nitrogens is 2. The lowest BCUT2D eigenvalue weighted by Crippen LogP contribution is -2.79. The smallest absolute Gasteiger partial charge is 0.283 e. The Morgan fingerprint density at radius 3 is 2.83 bits per heavy atom. The summed E-state index contributed by atoms with van der Waals surface area (Å²) in [4.78, 5) is 22.6. The average Bonchev–Trinajstić information content (AvgIpc) is 2.71. The van der Waals surface area contributed by atoms with Gasteiger partial charge in [0.25, 0.3) is 17.1 Å². The fourth-order valence-electron chi connectivity index (χ4n) is 2.34. The fourth-order valence-corrected chi connectivity index (χ4v) is 2.34. The Morgan fingerprint density at radius 2 is 2.28 bits per heavy atom. The number of aromatic amines is 1. The molecule has 1 atom stereocenters. The molecule has 3 rings (SSSR count). The number of aliphatic imine (C=N–C) groups is 1. The van der Waals surface area contributed by atoms with Gasteiger partial charge in [0.1, 0.15) is 19.0 Å². The Bertz CT molecular complexity index is 587. The minimum absolute atomic E-state index is 0.0416. The number of hydrogen-bond acceptors (Lipinski definition) is 6. The van der Waals surface area contributed by atoms with Gasteiger partial charge >= 0.3 is 0 Å². The van der Waals surface area contributed by atoms with Crippen molar-refractivity contribution < 1.29 is 14.9 Å². The summed E-state index contributed by atoms with van der Waals surface area (Å²) >= 11 is 0. The van der Waals surface area contributed by atoms with Gasteiger partial charge in [-0.25, -0.2) is 0 Å². The maximum Gasteiger partial charge on any atom is 0.283 e. The van der Waals surface area contributed by atoms with Crippen LogP contribution in [0.5, 0.6) is 0 Å². The van der Waals surface area contributed by atoms with Crippen LogP contribution in [0.15, 0.2) is 9.79 Å². The van der Waals surface area contributed by atoms with Crippen molar-refractivity contribution >= 4 is 17.8 Å². The van der Waals surface area contributed by atoms with Crippen molar-refractivity contribution in [2.45, 2.75) is 12.6 Å². The van der Waals surface area contributed by atoms with Gasteiger partial charge in [0.2, 0.25) is 18.8 Å². The second-order valence-electron chi connectivity index (χ2n) is 4.47. The summed E-state index contributed by atoms with van der Waals surface area (Å²) in [5, 5.41) is 18.9. The largest absolute Gasteiger partial charge is 0.387 e. The topological polar surface area (TPSA) is 108 Å². The van der Waals surface area contributed by atoms with E-state index < -0.39 is 5.72 Å². The summed E-state index contributed by atoms with van der Waals surface area (Å²) in [7, 11) is 0. The second-order valence-corrected chi connectivity index (χ2v) is 4.47. The molecule has 0 saturated carbocycles. The second kappa shape index (κ2) is 3.45. The van der Waals surface area contributed by atoms with E-state index in [1.54, 1.807) is 6.92 Å². The molecule has 1 unspecified atom stereocenters. The van der Waals surface area contributed by atoms with E-state index in [0.29, 0.717) is 11.6 Å². The van der Waals surface area contributed by atoms with Crippen LogP contribution >= 0.6 is 0 Å². The van der Waals surface area contributed by atoms with Crippen molar-refractivity contribution in [3.8, 4) is 0 Å². The van der Waals surface area contributed by atoms with Crippen LogP contribution in [0.2, 0.25) is 0 Å². The van der Waals surface area contributed by atoms with Crippen molar-refractivity contribution in [1.29, 1.82) is 0 Å². The first-order valence-electron chi connectivity index (χ1n) is 5.49. The monoisotopic (exact) mass is 253 g/mol. The van der Waals surface area contributed by atoms with Gasteiger partial charge in [-0.05, 0) is 6.92 Å². The molecule has 0 aliphatic carbocycles. The lowest BCUT2D eigenvalue weighted by atomic mass is 10.1. The highest BCUT2D eigenvalue weighted by molar-refractivity contribution is 5.88. The number of aliphatic hydroxyl groups excluding tert-OH is 2. The molecule has 1 fully saturated rings. The molecular weight excluding hydrogens is 240 g/mol. The number of nitrogens with zero attached hydrogens (tertiary/aromatic N) is 3. The third-order valence-electron chi connectivity index (χ3n) is 3.52. The summed E-state index contributed by atoms with van der Waals surface area (Å²) in [5.41, 5.74) is -1.34. The van der Waals surface area contributed by atoms with Gasteiger partial charge < -0.3 is 15.2 Å². The van der Waals surface area contributed by atoms with Gasteiger partial charge in [-0.1, -0.05) is 0 Å². The summed E-state index contributed by atoms with van der Waals surface area (Å²) in [6, 6.07) is 0. The first-order chi connectivity index (χ1) is 8.58. The quantitative estimate of drug-likeness (QED) is 0.569. The van der Waals surface area contributed by atoms with Gasteiger partial charge in [0.15, 0.2) is 0 Å². The molecule has 1 aromatic heterocycles. The fraction of sp³-hybridized carbons (Fsp3) is 0.500. The highest BCUT2D eigenvalue weighted by atomic mass is 16.6. The van der Waals surface area contributed by atoms with Crippen molar-refractivity contribution in [1.82, 2.24) is 14.5 Å². The van der Waals surface area contributed by atoms with Crippen LogP contribution in [0.1, 0.15) is 5.82 Å². The summed E-state index contributed by atoms with van der Waals surface area (Å²) < 4.78 is 5.28. The molecule has 2 aliphatic heterocycles. The lowest BCUT2D eigenvalue weighted by molar-refractivity contribution is -0.285. The van der Waals surface area contributed by atoms with E-state index in [1.807, 2.05) is 0 Å². The maximum absolute atomic E-state index is 11.8. The number of aryl methyl sites for hydroxylation is 1. The third-order valence-corrected chi connectivity index (χ3v) is 3.52.